The van der Waals surface area contributed by atoms with Crippen LogP contribution in [-0.4, -0.2) is 37.5 Å². The van der Waals surface area contributed by atoms with Gasteiger partial charge in [-0.25, -0.2) is 12.8 Å². The fraction of sp³-hybridized carbons (Fsp3) is 0.160. The number of sulfone groups is 1. The number of rotatable bonds is 6. The molecule has 8 heteroatoms. The second kappa shape index (κ2) is 8.13. The maximum absolute atomic E-state index is 14.9. The molecule has 0 saturated carbocycles. The molecule has 168 valence electrons. The van der Waals surface area contributed by atoms with Crippen LogP contribution < -0.4 is 0 Å². The van der Waals surface area contributed by atoms with Crippen LogP contribution in [0.2, 0.25) is 0 Å². The highest BCUT2D eigenvalue weighted by Gasteiger charge is 2.32. The molecule has 4 aromatic rings. The molecule has 1 N–H and O–H groups in total. The summed E-state index contributed by atoms with van der Waals surface area (Å²) in [5, 5.41) is 9.53. The first-order chi connectivity index (χ1) is 15.8. The molecule has 6 nitrogen and oxygen atoms in total. The molecule has 0 spiro atoms. The Morgan fingerprint density at radius 1 is 1.00 bits per heavy atom. The van der Waals surface area contributed by atoms with Crippen molar-refractivity contribution in [1.29, 1.82) is 0 Å². The molecule has 2 heterocycles. The fourth-order valence-corrected chi connectivity index (χ4v) is 5.34. The lowest BCUT2D eigenvalue weighted by Gasteiger charge is -2.36. The number of hydrogen-bond donors (Lipinski definition) is 1. The van der Waals surface area contributed by atoms with E-state index < -0.39 is 21.6 Å². The zero-order chi connectivity index (χ0) is 23.2. The molecule has 1 aliphatic rings. The van der Waals surface area contributed by atoms with Gasteiger partial charge in [0.1, 0.15) is 17.2 Å². The molecule has 0 radical (unpaired) electrons. The third-order valence-corrected chi connectivity index (χ3v) is 7.63. The van der Waals surface area contributed by atoms with Crippen LogP contribution in [0.1, 0.15) is 5.56 Å². The van der Waals surface area contributed by atoms with Crippen LogP contribution >= 0.6 is 0 Å². The number of likely N-dealkylation sites (tertiary alicyclic amines) is 1. The first-order valence-corrected chi connectivity index (χ1v) is 11.9. The molecular weight excluding hydrogens is 445 g/mol. The van der Waals surface area contributed by atoms with Crippen molar-refractivity contribution in [3.05, 3.63) is 84.2 Å². The van der Waals surface area contributed by atoms with E-state index in [1.807, 2.05) is 4.90 Å². The Hall–Kier alpha value is -3.49. The molecule has 0 aliphatic carbocycles. The van der Waals surface area contributed by atoms with Crippen molar-refractivity contribution in [2.75, 3.05) is 13.1 Å². The number of aliphatic carboxylic acids is 1. The van der Waals surface area contributed by atoms with Crippen molar-refractivity contribution in [1.82, 2.24) is 4.90 Å². The predicted molar refractivity (Wildman–Crippen MR) is 120 cm³/mol. The standard InChI is InChI=1S/C25H20FNO5S/c26-22-10-16(13-27-14-18(15-27)25(28)29)6-8-21(22)24-12-17-11-20(7-9-23(17)32-24)33(30,31)19-4-2-1-3-5-19/h1-12,18H,13-15H2,(H,28,29). The molecule has 0 unspecified atom stereocenters. The van der Waals surface area contributed by atoms with Crippen molar-refractivity contribution in [2.45, 2.75) is 16.3 Å². The van der Waals surface area contributed by atoms with Gasteiger partial charge in [-0.15, -0.1) is 0 Å². The Labute approximate surface area is 189 Å². The lowest BCUT2D eigenvalue weighted by atomic mass is 9.99. The van der Waals surface area contributed by atoms with Crippen molar-refractivity contribution < 1.29 is 27.1 Å². The minimum atomic E-state index is -3.67. The van der Waals surface area contributed by atoms with Gasteiger partial charge in [0.05, 0.1) is 21.3 Å². The summed E-state index contributed by atoms with van der Waals surface area (Å²) >= 11 is 0. The number of carboxylic acids is 1. The number of carboxylic acid groups (broad SMARTS) is 1. The maximum Gasteiger partial charge on any atom is 0.309 e. The highest BCUT2D eigenvalue weighted by Crippen LogP contribution is 2.33. The maximum atomic E-state index is 14.9. The number of fused-ring (bicyclic) bond motifs is 1. The van der Waals surface area contributed by atoms with E-state index in [-0.39, 0.29) is 21.3 Å². The van der Waals surface area contributed by atoms with E-state index in [4.69, 9.17) is 9.52 Å². The fourth-order valence-electron chi connectivity index (χ4n) is 4.03. The number of halogens is 1. The molecule has 5 rings (SSSR count). The molecule has 0 amide bonds. The normalized spacial score (nSPS) is 14.9. The van der Waals surface area contributed by atoms with E-state index >= 15 is 0 Å². The highest BCUT2D eigenvalue weighted by atomic mass is 32.2. The molecule has 3 aromatic carbocycles. The van der Waals surface area contributed by atoms with Gasteiger partial charge in [0.25, 0.3) is 0 Å². The Kier molecular flexibility index (Phi) is 5.26. The third-order valence-electron chi connectivity index (χ3n) is 5.86. The Morgan fingerprint density at radius 2 is 1.76 bits per heavy atom. The molecule has 1 fully saturated rings. The van der Waals surface area contributed by atoms with E-state index in [1.165, 1.54) is 18.2 Å². The second-order valence-corrected chi connectivity index (χ2v) is 10.1. The van der Waals surface area contributed by atoms with Gasteiger partial charge in [0, 0.05) is 25.0 Å². The summed E-state index contributed by atoms with van der Waals surface area (Å²) in [4.78, 5) is 13.2. The van der Waals surface area contributed by atoms with Crippen molar-refractivity contribution in [3.63, 3.8) is 0 Å². The Morgan fingerprint density at radius 3 is 2.45 bits per heavy atom. The number of carbonyl (C=O) groups is 1. The molecular formula is C25H20FNO5S. The summed E-state index contributed by atoms with van der Waals surface area (Å²) in [6.07, 6.45) is 0. The van der Waals surface area contributed by atoms with Gasteiger partial charge >= 0.3 is 5.97 Å². The average Bonchev–Trinajstić information content (AvgIpc) is 3.19. The number of nitrogens with zero attached hydrogens (tertiary/aromatic N) is 1. The van der Waals surface area contributed by atoms with Crippen molar-refractivity contribution in [2.24, 2.45) is 5.92 Å². The Bertz CT molecular complexity index is 1460. The molecule has 1 aromatic heterocycles. The third kappa shape index (κ3) is 4.03. The quantitative estimate of drug-likeness (QED) is 0.448. The van der Waals surface area contributed by atoms with Crippen LogP contribution in [0.5, 0.6) is 0 Å². The van der Waals surface area contributed by atoms with Gasteiger partial charge in [0.15, 0.2) is 0 Å². The molecule has 1 aliphatic heterocycles. The summed E-state index contributed by atoms with van der Waals surface area (Å²) in [6, 6.07) is 19.2. The molecule has 33 heavy (non-hydrogen) atoms. The lowest BCUT2D eigenvalue weighted by Crippen LogP contribution is -2.49. The number of benzene rings is 3. The van der Waals surface area contributed by atoms with Gasteiger partial charge in [-0.3, -0.25) is 9.69 Å². The second-order valence-electron chi connectivity index (χ2n) is 8.17. The first-order valence-electron chi connectivity index (χ1n) is 10.4. The topological polar surface area (TPSA) is 87.8 Å². The highest BCUT2D eigenvalue weighted by molar-refractivity contribution is 7.91. The number of hydrogen-bond acceptors (Lipinski definition) is 5. The zero-order valence-corrected chi connectivity index (χ0v) is 18.3. The SMILES string of the molecule is O=C(O)C1CN(Cc2ccc(-c3cc4cc(S(=O)(=O)c5ccccc5)ccc4o3)c(F)c2)C1. The van der Waals surface area contributed by atoms with Crippen molar-refractivity contribution >= 4 is 26.8 Å². The van der Waals surface area contributed by atoms with E-state index in [2.05, 4.69) is 0 Å². The van der Waals surface area contributed by atoms with Gasteiger partial charge < -0.3 is 9.52 Å². The van der Waals surface area contributed by atoms with E-state index in [0.717, 1.165) is 5.56 Å². The largest absolute Gasteiger partial charge is 0.481 e. The van der Waals surface area contributed by atoms with Crippen LogP contribution in [0, 0.1) is 11.7 Å². The van der Waals surface area contributed by atoms with Crippen LogP contribution in [0.15, 0.2) is 87.0 Å². The summed E-state index contributed by atoms with van der Waals surface area (Å²) in [5.41, 5.74) is 1.47. The average molecular weight is 466 g/mol. The lowest BCUT2D eigenvalue weighted by molar-refractivity contribution is -0.147. The van der Waals surface area contributed by atoms with Crippen LogP contribution in [0.3, 0.4) is 0 Å². The van der Waals surface area contributed by atoms with Crippen molar-refractivity contribution in [3.8, 4) is 11.3 Å². The minimum absolute atomic E-state index is 0.138. The molecule has 0 bridgehead atoms. The van der Waals surface area contributed by atoms with Gasteiger partial charge in [-0.2, -0.15) is 0 Å². The Balaban J connectivity index is 1.40. The van der Waals surface area contributed by atoms with Crippen LogP contribution in [0.4, 0.5) is 4.39 Å². The smallest absolute Gasteiger partial charge is 0.309 e. The first kappa shape index (κ1) is 21.4. The van der Waals surface area contributed by atoms with Gasteiger partial charge in [-0.05, 0) is 54.1 Å². The van der Waals surface area contributed by atoms with E-state index in [9.17, 15) is 17.6 Å². The van der Waals surface area contributed by atoms with Gasteiger partial charge in [0.2, 0.25) is 9.84 Å². The number of furan rings is 1. The predicted octanol–water partition coefficient (Wildman–Crippen LogP) is 4.59. The molecule has 1 saturated heterocycles. The van der Waals surface area contributed by atoms with E-state index in [1.54, 1.807) is 54.6 Å². The van der Waals surface area contributed by atoms with E-state index in [0.29, 0.717) is 36.4 Å². The van der Waals surface area contributed by atoms with Gasteiger partial charge in [-0.1, -0.05) is 24.3 Å². The zero-order valence-electron chi connectivity index (χ0n) is 17.4. The summed E-state index contributed by atoms with van der Waals surface area (Å²) in [7, 11) is -3.67. The monoisotopic (exact) mass is 465 g/mol. The minimum Gasteiger partial charge on any atom is -0.481 e. The summed E-state index contributed by atoms with van der Waals surface area (Å²) in [6.45, 7) is 1.38. The van der Waals surface area contributed by atoms with Crippen LogP contribution in [0.25, 0.3) is 22.3 Å². The van der Waals surface area contributed by atoms with Crippen LogP contribution in [-0.2, 0) is 21.2 Å². The summed E-state index contributed by atoms with van der Waals surface area (Å²) < 4.78 is 46.4. The summed E-state index contributed by atoms with van der Waals surface area (Å²) in [5.74, 6) is -1.32. The molecule has 0 atom stereocenters.